The van der Waals surface area contributed by atoms with Gasteiger partial charge in [-0.25, -0.2) is 0 Å². The third-order valence-corrected chi connectivity index (χ3v) is 16.5. The van der Waals surface area contributed by atoms with Crippen molar-refractivity contribution >= 4 is 17.9 Å². The summed E-state index contributed by atoms with van der Waals surface area (Å²) in [5, 5.41) is 0. The van der Waals surface area contributed by atoms with Gasteiger partial charge in [0.05, 0.1) is 0 Å². The summed E-state index contributed by atoms with van der Waals surface area (Å²) >= 11 is 0. The van der Waals surface area contributed by atoms with Gasteiger partial charge in [0.25, 0.3) is 0 Å². The van der Waals surface area contributed by atoms with Gasteiger partial charge in [-0.05, 0) is 51.4 Å². The number of rotatable bonds is 67. The first kappa shape index (κ1) is 76.9. The Labute approximate surface area is 493 Å². The number of ether oxygens (including phenoxy) is 3. The van der Waals surface area contributed by atoms with E-state index in [1.807, 2.05) is 0 Å². The molecule has 0 heterocycles. The molecular formula is C73H138O6. The summed E-state index contributed by atoms with van der Waals surface area (Å²) in [6, 6.07) is 0. The minimum absolute atomic E-state index is 0.0663. The zero-order valence-corrected chi connectivity index (χ0v) is 53.7. The van der Waals surface area contributed by atoms with Crippen LogP contribution in [0.3, 0.4) is 0 Å². The second-order valence-corrected chi connectivity index (χ2v) is 24.5. The summed E-state index contributed by atoms with van der Waals surface area (Å²) in [6.45, 7) is 6.70. The van der Waals surface area contributed by atoms with Gasteiger partial charge in [0.2, 0.25) is 0 Å². The Balaban J connectivity index is 4.24. The molecule has 0 aromatic carbocycles. The highest BCUT2D eigenvalue weighted by molar-refractivity contribution is 5.71. The van der Waals surface area contributed by atoms with E-state index in [0.29, 0.717) is 19.3 Å². The number of esters is 3. The van der Waals surface area contributed by atoms with Gasteiger partial charge in [-0.1, -0.05) is 360 Å². The third-order valence-electron chi connectivity index (χ3n) is 16.5. The number of hydrogen-bond donors (Lipinski definition) is 0. The van der Waals surface area contributed by atoms with Gasteiger partial charge in [-0.3, -0.25) is 14.4 Å². The highest BCUT2D eigenvalue weighted by Gasteiger charge is 2.19. The predicted octanol–water partition coefficient (Wildman–Crippen LogP) is 24.6. The number of carbonyl (C=O) groups is 3. The molecule has 6 heteroatoms. The molecule has 0 N–H and O–H groups in total. The normalized spacial score (nSPS) is 12.1. The summed E-state index contributed by atoms with van der Waals surface area (Å²) < 4.78 is 17.0. The lowest BCUT2D eigenvalue weighted by Crippen LogP contribution is -2.30. The molecule has 0 spiro atoms. The Hall–Kier alpha value is -2.11. The molecule has 1 unspecified atom stereocenters. The Morgan fingerprint density at radius 1 is 0.253 bits per heavy atom. The van der Waals surface area contributed by atoms with Crippen molar-refractivity contribution in [1.82, 2.24) is 0 Å². The SMILES string of the molecule is CCCCC/C=C\C/C=C\CCCCCCCCCCCC(=O)OC(COC(=O)CCCCCCCCCCCCCCCCCC)COC(=O)CCCCCCCCCCCCCCCCCCCCCCCCCCCC. The number of carbonyl (C=O) groups excluding carboxylic acids is 3. The van der Waals surface area contributed by atoms with Gasteiger partial charge in [0.1, 0.15) is 13.2 Å². The lowest BCUT2D eigenvalue weighted by atomic mass is 10.0. The van der Waals surface area contributed by atoms with Crippen LogP contribution < -0.4 is 0 Å². The molecule has 0 saturated heterocycles. The fourth-order valence-corrected chi connectivity index (χ4v) is 11.1. The van der Waals surface area contributed by atoms with E-state index in [9.17, 15) is 14.4 Å². The van der Waals surface area contributed by atoms with Crippen molar-refractivity contribution in [3.63, 3.8) is 0 Å². The van der Waals surface area contributed by atoms with E-state index in [4.69, 9.17) is 14.2 Å². The average molecular weight is 1110 g/mol. The van der Waals surface area contributed by atoms with E-state index in [0.717, 1.165) is 64.2 Å². The number of allylic oxidation sites excluding steroid dienone is 4. The summed E-state index contributed by atoms with van der Waals surface area (Å²) in [4.78, 5) is 38.5. The van der Waals surface area contributed by atoms with Crippen molar-refractivity contribution in [3.8, 4) is 0 Å². The molecule has 466 valence electrons. The summed E-state index contributed by atoms with van der Waals surface area (Å²) in [5.41, 5.74) is 0. The zero-order chi connectivity index (χ0) is 57.1. The highest BCUT2D eigenvalue weighted by Crippen LogP contribution is 2.19. The second-order valence-electron chi connectivity index (χ2n) is 24.5. The van der Waals surface area contributed by atoms with Crippen LogP contribution in [0.5, 0.6) is 0 Å². The van der Waals surface area contributed by atoms with E-state index in [-0.39, 0.29) is 31.1 Å². The molecule has 0 fully saturated rings. The van der Waals surface area contributed by atoms with E-state index < -0.39 is 6.10 Å². The molecule has 79 heavy (non-hydrogen) atoms. The van der Waals surface area contributed by atoms with Crippen LogP contribution in [-0.2, 0) is 28.6 Å². The minimum Gasteiger partial charge on any atom is -0.462 e. The Kier molecular flexibility index (Phi) is 66.6. The Morgan fingerprint density at radius 2 is 0.456 bits per heavy atom. The van der Waals surface area contributed by atoms with Crippen LogP contribution in [0.2, 0.25) is 0 Å². The summed E-state index contributed by atoms with van der Waals surface area (Å²) in [7, 11) is 0. The Morgan fingerprint density at radius 3 is 0.722 bits per heavy atom. The van der Waals surface area contributed by atoms with Crippen LogP contribution in [0.4, 0.5) is 0 Å². The van der Waals surface area contributed by atoms with Crippen LogP contribution >= 0.6 is 0 Å². The summed E-state index contributed by atoms with van der Waals surface area (Å²) in [6.07, 6.45) is 83.5. The summed E-state index contributed by atoms with van der Waals surface area (Å²) in [5.74, 6) is -0.836. The molecule has 0 radical (unpaired) electrons. The highest BCUT2D eigenvalue weighted by atomic mass is 16.6. The van der Waals surface area contributed by atoms with Crippen LogP contribution in [0, 0.1) is 0 Å². The maximum absolute atomic E-state index is 13.0. The molecule has 0 bridgehead atoms. The van der Waals surface area contributed by atoms with Crippen LogP contribution in [0.25, 0.3) is 0 Å². The van der Waals surface area contributed by atoms with Gasteiger partial charge >= 0.3 is 17.9 Å². The first-order chi connectivity index (χ1) is 39.0. The van der Waals surface area contributed by atoms with E-state index >= 15 is 0 Å². The first-order valence-corrected chi connectivity index (χ1v) is 35.8. The monoisotopic (exact) mass is 1110 g/mol. The Bertz CT molecular complexity index is 1270. The molecule has 6 nitrogen and oxygen atoms in total. The number of hydrogen-bond acceptors (Lipinski definition) is 6. The van der Waals surface area contributed by atoms with Gasteiger partial charge in [-0.2, -0.15) is 0 Å². The van der Waals surface area contributed by atoms with E-state index in [1.165, 1.54) is 302 Å². The maximum Gasteiger partial charge on any atom is 0.306 e. The van der Waals surface area contributed by atoms with Crippen molar-refractivity contribution in [1.29, 1.82) is 0 Å². The minimum atomic E-state index is -0.771. The smallest absolute Gasteiger partial charge is 0.306 e. The molecule has 0 aliphatic carbocycles. The fourth-order valence-electron chi connectivity index (χ4n) is 11.1. The average Bonchev–Trinajstić information content (AvgIpc) is 3.45. The predicted molar refractivity (Wildman–Crippen MR) is 344 cm³/mol. The molecule has 0 aromatic heterocycles. The lowest BCUT2D eigenvalue weighted by molar-refractivity contribution is -0.167. The van der Waals surface area contributed by atoms with Crippen molar-refractivity contribution in [2.24, 2.45) is 0 Å². The standard InChI is InChI=1S/C73H138O6/c1-4-7-10-13-16-19-22-25-28-31-33-34-35-36-37-38-39-41-42-45-48-51-54-57-60-63-66-72(75)78-69-70(68-77-71(74)65-62-59-56-53-50-47-44-30-27-24-21-18-15-12-9-6-3)79-73(76)67-64-61-58-55-52-49-46-43-40-32-29-26-23-20-17-14-11-8-5-2/h17,20,26,29,70H,4-16,18-19,21-25,27-28,30-69H2,1-3H3/b20-17-,29-26-. The van der Waals surface area contributed by atoms with Crippen molar-refractivity contribution in [2.45, 2.75) is 412 Å². The van der Waals surface area contributed by atoms with Crippen LogP contribution in [-0.4, -0.2) is 37.2 Å². The zero-order valence-electron chi connectivity index (χ0n) is 53.7. The molecular weight excluding hydrogens is 973 g/mol. The molecule has 0 amide bonds. The van der Waals surface area contributed by atoms with Gasteiger partial charge in [0.15, 0.2) is 6.10 Å². The lowest BCUT2D eigenvalue weighted by Gasteiger charge is -2.18. The fraction of sp³-hybridized carbons (Fsp3) is 0.904. The van der Waals surface area contributed by atoms with Gasteiger partial charge in [-0.15, -0.1) is 0 Å². The van der Waals surface area contributed by atoms with Gasteiger partial charge < -0.3 is 14.2 Å². The topological polar surface area (TPSA) is 78.9 Å². The van der Waals surface area contributed by atoms with Crippen LogP contribution in [0.15, 0.2) is 24.3 Å². The van der Waals surface area contributed by atoms with E-state index in [1.54, 1.807) is 0 Å². The molecule has 0 aromatic rings. The number of unbranched alkanes of at least 4 members (excludes halogenated alkanes) is 52. The second kappa shape index (κ2) is 68.4. The quantitative estimate of drug-likeness (QED) is 0.0261. The largest absolute Gasteiger partial charge is 0.462 e. The first-order valence-electron chi connectivity index (χ1n) is 35.8. The molecule has 0 aliphatic heterocycles. The third kappa shape index (κ3) is 66.6. The molecule has 0 saturated carbocycles. The van der Waals surface area contributed by atoms with Crippen molar-refractivity contribution < 1.29 is 28.6 Å². The van der Waals surface area contributed by atoms with Crippen molar-refractivity contribution in [2.75, 3.05) is 13.2 Å². The van der Waals surface area contributed by atoms with Crippen molar-refractivity contribution in [3.05, 3.63) is 24.3 Å². The molecule has 0 aliphatic rings. The van der Waals surface area contributed by atoms with Gasteiger partial charge in [0, 0.05) is 19.3 Å². The maximum atomic E-state index is 13.0. The molecule has 1 atom stereocenters. The van der Waals surface area contributed by atoms with E-state index in [2.05, 4.69) is 45.1 Å². The molecule has 0 rings (SSSR count). The van der Waals surface area contributed by atoms with Crippen LogP contribution in [0.1, 0.15) is 406 Å².